The molecule has 1 rings (SSSR count). The Morgan fingerprint density at radius 1 is 1.31 bits per heavy atom. The number of nitrogens with one attached hydrogen (secondary N) is 1. The van der Waals surface area contributed by atoms with E-state index in [1.54, 1.807) is 0 Å². The van der Waals surface area contributed by atoms with E-state index < -0.39 is 0 Å². The van der Waals surface area contributed by atoms with E-state index in [1.807, 2.05) is 13.8 Å². The van der Waals surface area contributed by atoms with E-state index in [0.717, 1.165) is 5.92 Å². The lowest BCUT2D eigenvalue weighted by Crippen LogP contribution is -2.44. The van der Waals surface area contributed by atoms with Crippen molar-refractivity contribution in [2.75, 3.05) is 27.2 Å². The minimum Gasteiger partial charge on any atom is -0.314 e. The molecule has 1 fully saturated rings. The Kier molecular flexibility index (Phi) is 5.57. The summed E-state index contributed by atoms with van der Waals surface area (Å²) in [5, 5.41) is 3.38. The Labute approximate surface area is 83.7 Å². The smallest absolute Gasteiger partial charge is 0.0162 e. The minimum atomic E-state index is 0.310. The summed E-state index contributed by atoms with van der Waals surface area (Å²) in [5.74, 6) is 0.817. The predicted molar refractivity (Wildman–Crippen MR) is 60.1 cm³/mol. The van der Waals surface area contributed by atoms with Crippen molar-refractivity contribution in [3.05, 3.63) is 0 Å². The molecular weight excluding hydrogens is 160 g/mol. The molecule has 0 aromatic rings. The highest BCUT2D eigenvalue weighted by molar-refractivity contribution is 4.90. The van der Waals surface area contributed by atoms with Gasteiger partial charge in [0.2, 0.25) is 0 Å². The Hall–Kier alpha value is -0.0800. The maximum absolute atomic E-state index is 3.38. The average molecular weight is 186 g/mol. The first-order chi connectivity index (χ1) is 6.06. The van der Waals surface area contributed by atoms with Crippen LogP contribution in [0.3, 0.4) is 0 Å². The molecule has 1 aliphatic rings. The molecule has 80 valence electrons. The summed E-state index contributed by atoms with van der Waals surface area (Å²) in [6.45, 7) is 11.1. The number of likely N-dealkylation sites (tertiary alicyclic amines) is 1. The second kappa shape index (κ2) is 5.61. The number of nitrogens with zero attached hydrogens (tertiary/aromatic N) is 1. The number of hydrogen-bond acceptors (Lipinski definition) is 2. The van der Waals surface area contributed by atoms with Crippen LogP contribution in [-0.2, 0) is 0 Å². The zero-order valence-electron chi connectivity index (χ0n) is 10.1. The zero-order valence-corrected chi connectivity index (χ0v) is 10.1. The molecule has 0 aromatic heterocycles. The molecule has 0 bridgehead atoms. The van der Waals surface area contributed by atoms with Crippen LogP contribution in [0.15, 0.2) is 0 Å². The first kappa shape index (κ1) is 12.9. The topological polar surface area (TPSA) is 15.3 Å². The van der Waals surface area contributed by atoms with Gasteiger partial charge in [0, 0.05) is 12.1 Å². The first-order valence-corrected chi connectivity index (χ1v) is 5.43. The highest BCUT2D eigenvalue weighted by Crippen LogP contribution is 2.25. The summed E-state index contributed by atoms with van der Waals surface area (Å²) in [6.07, 6.45) is 1.34. The Morgan fingerprint density at radius 2 is 1.85 bits per heavy atom. The maximum atomic E-state index is 3.38. The molecule has 0 saturated carbocycles. The molecule has 0 aliphatic carbocycles. The maximum Gasteiger partial charge on any atom is 0.0162 e. The van der Waals surface area contributed by atoms with Crippen molar-refractivity contribution < 1.29 is 0 Å². The lowest BCUT2D eigenvalue weighted by atomic mass is 9.87. The molecule has 0 aromatic carbocycles. The van der Waals surface area contributed by atoms with Crippen LogP contribution in [0.25, 0.3) is 0 Å². The van der Waals surface area contributed by atoms with Crippen molar-refractivity contribution in [1.82, 2.24) is 10.2 Å². The normalized spacial score (nSPS) is 24.0. The van der Waals surface area contributed by atoms with Crippen molar-refractivity contribution in [3.63, 3.8) is 0 Å². The van der Waals surface area contributed by atoms with Crippen LogP contribution in [0.4, 0.5) is 0 Å². The molecular formula is C11H26N2. The first-order valence-electron chi connectivity index (χ1n) is 5.43. The number of hydrogen-bond donors (Lipinski definition) is 1. The van der Waals surface area contributed by atoms with Crippen LogP contribution in [0, 0.1) is 5.92 Å². The van der Waals surface area contributed by atoms with Crippen molar-refractivity contribution in [3.8, 4) is 0 Å². The van der Waals surface area contributed by atoms with E-state index in [4.69, 9.17) is 0 Å². The van der Waals surface area contributed by atoms with Gasteiger partial charge in [0.1, 0.15) is 0 Å². The fraction of sp³-hybridized carbons (Fsp3) is 1.00. The Morgan fingerprint density at radius 3 is 2.15 bits per heavy atom. The molecule has 1 unspecified atom stereocenters. The zero-order chi connectivity index (χ0) is 10.5. The van der Waals surface area contributed by atoms with Gasteiger partial charge in [-0.25, -0.2) is 0 Å². The molecule has 1 N–H and O–H groups in total. The third-order valence-electron chi connectivity index (χ3n) is 3.06. The Balaban J connectivity index is 0.000000671. The van der Waals surface area contributed by atoms with E-state index in [2.05, 4.69) is 38.2 Å². The largest absolute Gasteiger partial charge is 0.314 e. The Bertz CT molecular complexity index is 132. The lowest BCUT2D eigenvalue weighted by Gasteiger charge is -2.31. The van der Waals surface area contributed by atoms with E-state index in [-0.39, 0.29) is 0 Å². The average Bonchev–Trinajstić information content (AvgIpc) is 2.56. The molecule has 1 atom stereocenters. The molecule has 0 amide bonds. The van der Waals surface area contributed by atoms with Crippen LogP contribution >= 0.6 is 0 Å². The second-order valence-corrected chi connectivity index (χ2v) is 4.22. The van der Waals surface area contributed by atoms with Crippen LogP contribution in [0.1, 0.15) is 34.1 Å². The van der Waals surface area contributed by atoms with Gasteiger partial charge >= 0.3 is 0 Å². The van der Waals surface area contributed by atoms with Gasteiger partial charge in [0.15, 0.2) is 0 Å². The molecule has 1 aliphatic heterocycles. The molecule has 1 heterocycles. The standard InChI is InChI=1S/C9H20N2.C2H6/c1-9(2,10-3)8-5-6-11(4)7-8;1-2/h8,10H,5-7H2,1-4H3;1-2H3. The monoisotopic (exact) mass is 186 g/mol. The van der Waals surface area contributed by atoms with Crippen molar-refractivity contribution in [2.24, 2.45) is 5.92 Å². The number of rotatable bonds is 2. The summed E-state index contributed by atoms with van der Waals surface area (Å²) in [7, 11) is 4.25. The van der Waals surface area contributed by atoms with E-state index in [9.17, 15) is 0 Å². The van der Waals surface area contributed by atoms with Gasteiger partial charge in [-0.15, -0.1) is 0 Å². The third-order valence-corrected chi connectivity index (χ3v) is 3.06. The minimum absolute atomic E-state index is 0.310. The van der Waals surface area contributed by atoms with Gasteiger partial charge in [0.25, 0.3) is 0 Å². The van der Waals surface area contributed by atoms with Crippen LogP contribution in [0.2, 0.25) is 0 Å². The SMILES string of the molecule is CC.CNC(C)(C)C1CCN(C)C1. The van der Waals surface area contributed by atoms with Gasteiger partial charge in [-0.3, -0.25) is 0 Å². The van der Waals surface area contributed by atoms with Gasteiger partial charge in [-0.05, 0) is 46.8 Å². The van der Waals surface area contributed by atoms with Crippen LogP contribution in [-0.4, -0.2) is 37.6 Å². The summed E-state index contributed by atoms with van der Waals surface area (Å²) in [5.41, 5.74) is 0.310. The third kappa shape index (κ3) is 3.65. The van der Waals surface area contributed by atoms with Gasteiger partial charge in [-0.1, -0.05) is 13.8 Å². The molecule has 2 heteroatoms. The van der Waals surface area contributed by atoms with Gasteiger partial charge in [0.05, 0.1) is 0 Å². The summed E-state index contributed by atoms with van der Waals surface area (Å²) < 4.78 is 0. The van der Waals surface area contributed by atoms with E-state index in [1.165, 1.54) is 19.5 Å². The summed E-state index contributed by atoms with van der Waals surface area (Å²) in [6, 6.07) is 0. The van der Waals surface area contributed by atoms with Crippen molar-refractivity contribution in [1.29, 1.82) is 0 Å². The fourth-order valence-electron chi connectivity index (χ4n) is 1.73. The molecule has 1 saturated heterocycles. The van der Waals surface area contributed by atoms with E-state index >= 15 is 0 Å². The summed E-state index contributed by atoms with van der Waals surface area (Å²) in [4.78, 5) is 2.41. The summed E-state index contributed by atoms with van der Waals surface area (Å²) >= 11 is 0. The lowest BCUT2D eigenvalue weighted by molar-refractivity contribution is 0.267. The predicted octanol–water partition coefficient (Wildman–Crippen LogP) is 1.96. The highest BCUT2D eigenvalue weighted by atomic mass is 15.1. The van der Waals surface area contributed by atoms with Crippen LogP contribution < -0.4 is 5.32 Å². The second-order valence-electron chi connectivity index (χ2n) is 4.22. The molecule has 0 spiro atoms. The molecule has 0 radical (unpaired) electrons. The van der Waals surface area contributed by atoms with Crippen molar-refractivity contribution in [2.45, 2.75) is 39.7 Å². The van der Waals surface area contributed by atoms with E-state index in [0.29, 0.717) is 5.54 Å². The fourth-order valence-corrected chi connectivity index (χ4v) is 1.73. The van der Waals surface area contributed by atoms with Gasteiger partial charge < -0.3 is 10.2 Å². The van der Waals surface area contributed by atoms with Crippen molar-refractivity contribution >= 4 is 0 Å². The molecule has 13 heavy (non-hydrogen) atoms. The molecule has 2 nitrogen and oxygen atoms in total. The van der Waals surface area contributed by atoms with Crippen LogP contribution in [0.5, 0.6) is 0 Å². The quantitative estimate of drug-likeness (QED) is 0.709. The highest BCUT2D eigenvalue weighted by Gasteiger charge is 2.32. The van der Waals surface area contributed by atoms with Gasteiger partial charge in [-0.2, -0.15) is 0 Å².